The molecule has 26 heavy (non-hydrogen) atoms. The van der Waals surface area contributed by atoms with Gasteiger partial charge in [-0.1, -0.05) is 36.4 Å². The van der Waals surface area contributed by atoms with Crippen molar-refractivity contribution in [3.05, 3.63) is 72.6 Å². The fraction of sp³-hybridized carbons (Fsp3) is 0.286. The largest absolute Gasteiger partial charge is 0.370 e. The molecule has 2 aromatic heterocycles. The van der Waals surface area contributed by atoms with Crippen molar-refractivity contribution in [2.45, 2.75) is 25.6 Å². The molecule has 1 fully saturated rings. The number of anilines is 1. The average molecular weight is 346 g/mol. The standard InChI is InChI=1S/C21H22N4O/c1-2-7-17(8-3-1)20-11-12-21(24-23-20)25-14-6-10-19(15-25)26-16-18-9-4-5-13-22-18/h1-5,7-9,11-13,19H,6,10,14-16H2. The number of pyridine rings is 1. The van der Waals surface area contributed by atoms with Gasteiger partial charge in [-0.3, -0.25) is 4.98 Å². The molecule has 5 heteroatoms. The Morgan fingerprint density at radius 1 is 0.962 bits per heavy atom. The van der Waals surface area contributed by atoms with Crippen LogP contribution in [0.2, 0.25) is 0 Å². The van der Waals surface area contributed by atoms with Gasteiger partial charge in [0.1, 0.15) is 0 Å². The second kappa shape index (κ2) is 8.06. The highest BCUT2D eigenvalue weighted by atomic mass is 16.5. The van der Waals surface area contributed by atoms with E-state index in [9.17, 15) is 0 Å². The molecule has 1 unspecified atom stereocenters. The minimum atomic E-state index is 0.196. The minimum absolute atomic E-state index is 0.196. The number of benzene rings is 1. The van der Waals surface area contributed by atoms with Crippen molar-refractivity contribution in [1.29, 1.82) is 0 Å². The third-order valence-electron chi connectivity index (χ3n) is 4.62. The van der Waals surface area contributed by atoms with E-state index in [4.69, 9.17) is 4.74 Å². The molecule has 1 aliphatic heterocycles. The van der Waals surface area contributed by atoms with E-state index < -0.39 is 0 Å². The predicted molar refractivity (Wildman–Crippen MR) is 102 cm³/mol. The Morgan fingerprint density at radius 3 is 2.62 bits per heavy atom. The third-order valence-corrected chi connectivity index (χ3v) is 4.62. The lowest BCUT2D eigenvalue weighted by atomic mass is 10.1. The molecule has 0 aliphatic carbocycles. The maximum Gasteiger partial charge on any atom is 0.151 e. The first kappa shape index (κ1) is 16.7. The third kappa shape index (κ3) is 4.06. The van der Waals surface area contributed by atoms with Crippen LogP contribution in [0.4, 0.5) is 5.82 Å². The Bertz CT molecular complexity index is 808. The number of aromatic nitrogens is 3. The Hall–Kier alpha value is -2.79. The summed E-state index contributed by atoms with van der Waals surface area (Å²) in [7, 11) is 0. The lowest BCUT2D eigenvalue weighted by Gasteiger charge is -2.33. The molecule has 4 rings (SSSR count). The zero-order valence-electron chi connectivity index (χ0n) is 14.7. The molecule has 1 saturated heterocycles. The van der Waals surface area contributed by atoms with Crippen molar-refractivity contribution in [3.8, 4) is 11.3 Å². The number of hydrogen-bond donors (Lipinski definition) is 0. The van der Waals surface area contributed by atoms with Crippen LogP contribution in [0.5, 0.6) is 0 Å². The van der Waals surface area contributed by atoms with Crippen molar-refractivity contribution < 1.29 is 4.74 Å². The fourth-order valence-corrected chi connectivity index (χ4v) is 3.23. The Kier molecular flexibility index (Phi) is 5.17. The summed E-state index contributed by atoms with van der Waals surface area (Å²) in [6, 6.07) is 20.1. The van der Waals surface area contributed by atoms with Crippen LogP contribution < -0.4 is 4.90 Å². The van der Waals surface area contributed by atoms with Crippen LogP contribution in [-0.2, 0) is 11.3 Å². The van der Waals surface area contributed by atoms with Gasteiger partial charge in [-0.2, -0.15) is 0 Å². The minimum Gasteiger partial charge on any atom is -0.370 e. The van der Waals surface area contributed by atoms with Crippen LogP contribution in [0.15, 0.2) is 66.9 Å². The second-order valence-corrected chi connectivity index (χ2v) is 6.49. The molecule has 0 amide bonds. The van der Waals surface area contributed by atoms with Crippen molar-refractivity contribution >= 4 is 5.82 Å². The van der Waals surface area contributed by atoms with Crippen LogP contribution >= 0.6 is 0 Å². The number of nitrogens with zero attached hydrogens (tertiary/aromatic N) is 4. The summed E-state index contributed by atoms with van der Waals surface area (Å²) in [6.07, 6.45) is 4.16. The highest BCUT2D eigenvalue weighted by Crippen LogP contribution is 2.22. The first-order valence-corrected chi connectivity index (χ1v) is 9.04. The predicted octanol–water partition coefficient (Wildman–Crippen LogP) is 3.72. The maximum atomic E-state index is 6.06. The van der Waals surface area contributed by atoms with Gasteiger partial charge in [0.15, 0.2) is 5.82 Å². The summed E-state index contributed by atoms with van der Waals surface area (Å²) in [5.41, 5.74) is 2.95. The van der Waals surface area contributed by atoms with Crippen molar-refractivity contribution in [2.24, 2.45) is 0 Å². The molecule has 132 valence electrons. The first-order chi connectivity index (χ1) is 12.9. The van der Waals surface area contributed by atoms with Crippen LogP contribution in [0.1, 0.15) is 18.5 Å². The van der Waals surface area contributed by atoms with Gasteiger partial charge in [0.25, 0.3) is 0 Å². The average Bonchev–Trinajstić information content (AvgIpc) is 2.74. The molecule has 3 aromatic rings. The zero-order valence-corrected chi connectivity index (χ0v) is 14.7. The smallest absolute Gasteiger partial charge is 0.151 e. The molecule has 0 radical (unpaired) electrons. The molecule has 0 spiro atoms. The lowest BCUT2D eigenvalue weighted by molar-refractivity contribution is 0.0297. The Morgan fingerprint density at radius 2 is 1.85 bits per heavy atom. The van der Waals surface area contributed by atoms with E-state index in [2.05, 4.69) is 26.1 Å². The number of piperidine rings is 1. The number of ether oxygens (including phenoxy) is 1. The maximum absolute atomic E-state index is 6.06. The Balaban J connectivity index is 1.38. The van der Waals surface area contributed by atoms with Crippen molar-refractivity contribution in [3.63, 3.8) is 0 Å². The first-order valence-electron chi connectivity index (χ1n) is 9.04. The molecular weight excluding hydrogens is 324 g/mol. The molecule has 1 aromatic carbocycles. The van der Waals surface area contributed by atoms with E-state index in [1.807, 2.05) is 54.6 Å². The molecule has 1 aliphatic rings. The molecule has 3 heterocycles. The SMILES string of the molecule is c1ccc(-c2ccc(N3CCCC(OCc4ccccn4)C3)nn2)cc1. The van der Waals surface area contributed by atoms with Gasteiger partial charge in [0.05, 0.1) is 24.1 Å². The number of hydrogen-bond acceptors (Lipinski definition) is 5. The van der Waals surface area contributed by atoms with Crippen LogP contribution in [0.3, 0.4) is 0 Å². The van der Waals surface area contributed by atoms with Gasteiger partial charge in [-0.15, -0.1) is 10.2 Å². The summed E-state index contributed by atoms with van der Waals surface area (Å²) in [6.45, 7) is 2.38. The van der Waals surface area contributed by atoms with E-state index in [0.717, 1.165) is 48.7 Å². The fourth-order valence-electron chi connectivity index (χ4n) is 3.23. The van der Waals surface area contributed by atoms with Crippen LogP contribution in [0.25, 0.3) is 11.3 Å². The molecular formula is C21H22N4O. The summed E-state index contributed by atoms with van der Waals surface area (Å²) in [5.74, 6) is 0.913. The van der Waals surface area contributed by atoms with Gasteiger partial charge in [-0.05, 0) is 37.1 Å². The van der Waals surface area contributed by atoms with E-state index in [1.165, 1.54) is 0 Å². The van der Waals surface area contributed by atoms with Crippen LogP contribution in [-0.4, -0.2) is 34.4 Å². The molecule has 0 bridgehead atoms. The zero-order chi connectivity index (χ0) is 17.6. The topological polar surface area (TPSA) is 51.1 Å². The highest BCUT2D eigenvalue weighted by Gasteiger charge is 2.22. The monoisotopic (exact) mass is 346 g/mol. The van der Waals surface area contributed by atoms with Gasteiger partial charge >= 0.3 is 0 Å². The van der Waals surface area contributed by atoms with Gasteiger partial charge < -0.3 is 9.64 Å². The van der Waals surface area contributed by atoms with E-state index in [0.29, 0.717) is 6.61 Å². The van der Waals surface area contributed by atoms with Crippen LogP contribution in [0, 0.1) is 0 Å². The number of rotatable bonds is 5. The van der Waals surface area contributed by atoms with Gasteiger partial charge in [0, 0.05) is 24.8 Å². The Labute approximate surface area is 153 Å². The molecule has 1 atom stereocenters. The molecule has 5 nitrogen and oxygen atoms in total. The van der Waals surface area contributed by atoms with E-state index in [1.54, 1.807) is 6.20 Å². The normalized spacial score (nSPS) is 17.2. The molecule has 0 saturated carbocycles. The van der Waals surface area contributed by atoms with E-state index >= 15 is 0 Å². The summed E-state index contributed by atoms with van der Waals surface area (Å²) in [4.78, 5) is 6.58. The highest BCUT2D eigenvalue weighted by molar-refractivity contribution is 5.59. The van der Waals surface area contributed by atoms with Crippen molar-refractivity contribution in [2.75, 3.05) is 18.0 Å². The quantitative estimate of drug-likeness (QED) is 0.705. The van der Waals surface area contributed by atoms with Gasteiger partial charge in [0.2, 0.25) is 0 Å². The summed E-state index contributed by atoms with van der Waals surface area (Å²) in [5, 5.41) is 8.84. The van der Waals surface area contributed by atoms with Gasteiger partial charge in [-0.25, -0.2) is 0 Å². The van der Waals surface area contributed by atoms with Crippen molar-refractivity contribution in [1.82, 2.24) is 15.2 Å². The lowest BCUT2D eigenvalue weighted by Crippen LogP contribution is -2.40. The summed E-state index contributed by atoms with van der Waals surface area (Å²) < 4.78 is 6.06. The molecule has 0 N–H and O–H groups in total. The summed E-state index contributed by atoms with van der Waals surface area (Å²) >= 11 is 0. The van der Waals surface area contributed by atoms with E-state index in [-0.39, 0.29) is 6.10 Å². The second-order valence-electron chi connectivity index (χ2n) is 6.49.